The summed E-state index contributed by atoms with van der Waals surface area (Å²) in [6, 6.07) is 10.5. The van der Waals surface area contributed by atoms with Crippen LogP contribution in [0.3, 0.4) is 0 Å². The summed E-state index contributed by atoms with van der Waals surface area (Å²) < 4.78 is 0. The highest BCUT2D eigenvalue weighted by molar-refractivity contribution is 5.84. The first-order chi connectivity index (χ1) is 11.1. The zero-order chi connectivity index (χ0) is 16.2. The summed E-state index contributed by atoms with van der Waals surface area (Å²) in [4.78, 5) is 15.5. The Bertz CT molecular complexity index is 793. The van der Waals surface area contributed by atoms with Gasteiger partial charge in [-0.2, -0.15) is 0 Å². The molecule has 0 atom stereocenters. The van der Waals surface area contributed by atoms with E-state index in [9.17, 15) is 0 Å². The molecule has 3 aromatic rings. The molecule has 118 valence electrons. The van der Waals surface area contributed by atoms with E-state index in [0.29, 0.717) is 5.92 Å². The van der Waals surface area contributed by atoms with Crippen LogP contribution in [0.5, 0.6) is 0 Å². The van der Waals surface area contributed by atoms with E-state index < -0.39 is 0 Å². The maximum absolute atomic E-state index is 4.65. The Balaban J connectivity index is 1.76. The van der Waals surface area contributed by atoms with Gasteiger partial charge in [0.25, 0.3) is 0 Å². The van der Waals surface area contributed by atoms with E-state index in [1.165, 1.54) is 16.3 Å². The number of fused-ring (bicyclic) bond motifs is 1. The molecular weight excluding hydrogens is 284 g/mol. The van der Waals surface area contributed by atoms with E-state index in [-0.39, 0.29) is 0 Å². The molecule has 0 N–H and O–H groups in total. The van der Waals surface area contributed by atoms with Crippen molar-refractivity contribution < 1.29 is 0 Å². The number of nitrogens with zero attached hydrogens (tertiary/aromatic N) is 4. The van der Waals surface area contributed by atoms with Gasteiger partial charge in [0, 0.05) is 43.0 Å². The van der Waals surface area contributed by atoms with Gasteiger partial charge >= 0.3 is 0 Å². The highest BCUT2D eigenvalue weighted by atomic mass is 15.1. The summed E-state index contributed by atoms with van der Waals surface area (Å²) in [5, 5.41) is 2.45. The van der Waals surface area contributed by atoms with Gasteiger partial charge in [-0.3, -0.25) is 9.88 Å². The lowest BCUT2D eigenvalue weighted by atomic mass is 10.1. The lowest BCUT2D eigenvalue weighted by molar-refractivity contribution is 0.315. The molecular formula is C19H22N4. The maximum atomic E-state index is 4.65. The van der Waals surface area contributed by atoms with Crippen molar-refractivity contribution in [2.75, 3.05) is 7.05 Å². The first kappa shape index (κ1) is 15.6. The highest BCUT2D eigenvalue weighted by Crippen LogP contribution is 2.19. The molecule has 4 nitrogen and oxygen atoms in total. The molecule has 23 heavy (non-hydrogen) atoms. The Morgan fingerprint density at radius 1 is 1.04 bits per heavy atom. The van der Waals surface area contributed by atoms with Crippen LogP contribution in [0.4, 0.5) is 0 Å². The van der Waals surface area contributed by atoms with Crippen molar-refractivity contribution in [2.24, 2.45) is 0 Å². The molecule has 0 aliphatic rings. The average molecular weight is 306 g/mol. The monoisotopic (exact) mass is 306 g/mol. The molecule has 4 heteroatoms. The molecule has 0 saturated heterocycles. The Morgan fingerprint density at radius 3 is 2.74 bits per heavy atom. The van der Waals surface area contributed by atoms with Crippen molar-refractivity contribution in [3.63, 3.8) is 0 Å². The number of rotatable bonds is 5. The SMILES string of the molecule is CC(C)c1nccc(CN(C)Cc2cccc3cnccc23)n1. The van der Waals surface area contributed by atoms with Crippen LogP contribution in [0.1, 0.15) is 36.8 Å². The second kappa shape index (κ2) is 6.84. The second-order valence-electron chi connectivity index (χ2n) is 6.25. The Labute approximate surface area is 137 Å². The molecule has 0 unspecified atom stereocenters. The van der Waals surface area contributed by atoms with Crippen molar-refractivity contribution in [3.8, 4) is 0 Å². The number of benzene rings is 1. The summed E-state index contributed by atoms with van der Waals surface area (Å²) >= 11 is 0. The van der Waals surface area contributed by atoms with Crippen LogP contribution < -0.4 is 0 Å². The van der Waals surface area contributed by atoms with E-state index in [0.717, 1.165) is 24.6 Å². The molecule has 0 fully saturated rings. The minimum atomic E-state index is 0.353. The van der Waals surface area contributed by atoms with Crippen LogP contribution in [0.2, 0.25) is 0 Å². The van der Waals surface area contributed by atoms with Crippen molar-refractivity contribution in [2.45, 2.75) is 32.9 Å². The first-order valence-electron chi connectivity index (χ1n) is 7.95. The van der Waals surface area contributed by atoms with Crippen molar-refractivity contribution >= 4 is 10.8 Å². The summed E-state index contributed by atoms with van der Waals surface area (Å²) in [6.07, 6.45) is 5.62. The first-order valence-corrected chi connectivity index (χ1v) is 7.95. The third-order valence-corrected chi connectivity index (χ3v) is 3.89. The summed E-state index contributed by atoms with van der Waals surface area (Å²) in [5.74, 6) is 1.26. The van der Waals surface area contributed by atoms with E-state index >= 15 is 0 Å². The van der Waals surface area contributed by atoms with Gasteiger partial charge in [-0.05, 0) is 30.1 Å². The Morgan fingerprint density at radius 2 is 1.91 bits per heavy atom. The molecule has 2 heterocycles. The zero-order valence-electron chi connectivity index (χ0n) is 13.9. The van der Waals surface area contributed by atoms with E-state index in [2.05, 4.69) is 65.0 Å². The predicted octanol–water partition coefficient (Wildman–Crippen LogP) is 3.78. The van der Waals surface area contributed by atoms with E-state index in [1.54, 1.807) is 0 Å². The van der Waals surface area contributed by atoms with Gasteiger partial charge in [-0.1, -0.05) is 32.0 Å². The summed E-state index contributed by atoms with van der Waals surface area (Å²) in [7, 11) is 2.12. The zero-order valence-corrected chi connectivity index (χ0v) is 13.9. The number of hydrogen-bond donors (Lipinski definition) is 0. The van der Waals surface area contributed by atoms with Crippen molar-refractivity contribution in [1.82, 2.24) is 19.9 Å². The largest absolute Gasteiger partial charge is 0.296 e. The van der Waals surface area contributed by atoms with Gasteiger partial charge in [-0.25, -0.2) is 9.97 Å². The summed E-state index contributed by atoms with van der Waals surface area (Å²) in [6.45, 7) is 5.92. The van der Waals surface area contributed by atoms with Crippen LogP contribution in [0, 0.1) is 0 Å². The van der Waals surface area contributed by atoms with Crippen LogP contribution in [-0.4, -0.2) is 26.9 Å². The van der Waals surface area contributed by atoms with Crippen molar-refractivity contribution in [1.29, 1.82) is 0 Å². The number of pyridine rings is 1. The molecule has 3 rings (SSSR count). The Kier molecular flexibility index (Phi) is 4.63. The normalized spacial score (nSPS) is 11.5. The molecule has 0 amide bonds. The second-order valence-corrected chi connectivity index (χ2v) is 6.25. The fourth-order valence-corrected chi connectivity index (χ4v) is 2.73. The molecule has 2 aromatic heterocycles. The summed E-state index contributed by atoms with van der Waals surface area (Å²) in [5.41, 5.74) is 2.37. The van der Waals surface area contributed by atoms with Crippen LogP contribution in [-0.2, 0) is 13.1 Å². The van der Waals surface area contributed by atoms with Crippen LogP contribution >= 0.6 is 0 Å². The smallest absolute Gasteiger partial charge is 0.131 e. The van der Waals surface area contributed by atoms with Crippen molar-refractivity contribution in [3.05, 3.63) is 66.0 Å². The average Bonchev–Trinajstić information content (AvgIpc) is 2.55. The highest BCUT2D eigenvalue weighted by Gasteiger charge is 2.08. The van der Waals surface area contributed by atoms with Crippen LogP contribution in [0.15, 0.2) is 48.9 Å². The number of aromatic nitrogens is 3. The number of hydrogen-bond acceptors (Lipinski definition) is 4. The molecule has 0 radical (unpaired) electrons. The van der Waals surface area contributed by atoms with Gasteiger partial charge in [0.2, 0.25) is 0 Å². The lowest BCUT2D eigenvalue weighted by Crippen LogP contribution is -2.18. The maximum Gasteiger partial charge on any atom is 0.131 e. The molecule has 0 bridgehead atoms. The molecule has 0 spiro atoms. The fraction of sp³-hybridized carbons (Fsp3) is 0.316. The standard InChI is InChI=1S/C19H22N4/c1-14(2)19-21-10-7-17(22-19)13-23(3)12-16-6-4-5-15-11-20-9-8-18(15)16/h4-11,14H,12-13H2,1-3H3. The quantitative estimate of drug-likeness (QED) is 0.719. The van der Waals surface area contributed by atoms with Gasteiger partial charge in [0.1, 0.15) is 5.82 Å². The molecule has 0 saturated carbocycles. The van der Waals surface area contributed by atoms with Gasteiger partial charge < -0.3 is 0 Å². The minimum absolute atomic E-state index is 0.353. The molecule has 0 aliphatic heterocycles. The third-order valence-electron chi connectivity index (χ3n) is 3.89. The third kappa shape index (κ3) is 3.71. The lowest BCUT2D eigenvalue weighted by Gasteiger charge is -2.18. The molecule has 0 aliphatic carbocycles. The Hall–Kier alpha value is -2.33. The van der Waals surface area contributed by atoms with E-state index in [1.807, 2.05) is 24.7 Å². The predicted molar refractivity (Wildman–Crippen MR) is 93.0 cm³/mol. The van der Waals surface area contributed by atoms with Gasteiger partial charge in [-0.15, -0.1) is 0 Å². The minimum Gasteiger partial charge on any atom is -0.296 e. The van der Waals surface area contributed by atoms with E-state index in [4.69, 9.17) is 0 Å². The van der Waals surface area contributed by atoms with Crippen LogP contribution in [0.25, 0.3) is 10.8 Å². The topological polar surface area (TPSA) is 41.9 Å². The molecule has 1 aromatic carbocycles. The fourth-order valence-electron chi connectivity index (χ4n) is 2.73. The van der Waals surface area contributed by atoms with Gasteiger partial charge in [0.05, 0.1) is 5.69 Å². The van der Waals surface area contributed by atoms with Gasteiger partial charge in [0.15, 0.2) is 0 Å².